The van der Waals surface area contributed by atoms with Crippen molar-refractivity contribution in [3.63, 3.8) is 0 Å². The number of aliphatic hydroxyl groups is 1. The molecule has 0 aromatic carbocycles. The van der Waals surface area contributed by atoms with Crippen molar-refractivity contribution in [2.24, 2.45) is 5.92 Å². The van der Waals surface area contributed by atoms with Gasteiger partial charge >= 0.3 is 0 Å². The van der Waals surface area contributed by atoms with E-state index in [0.29, 0.717) is 5.92 Å². The van der Waals surface area contributed by atoms with Crippen LogP contribution >= 0.6 is 0 Å². The maximum Gasteiger partial charge on any atom is 0.0823 e. The van der Waals surface area contributed by atoms with E-state index >= 15 is 0 Å². The number of aryl methyl sites for hydroxylation is 1. The molecule has 0 saturated heterocycles. The van der Waals surface area contributed by atoms with Crippen molar-refractivity contribution >= 4 is 0 Å². The van der Waals surface area contributed by atoms with Crippen molar-refractivity contribution in [2.75, 3.05) is 0 Å². The third-order valence-corrected chi connectivity index (χ3v) is 3.64. The molecule has 1 N–H and O–H groups in total. The molecule has 0 bridgehead atoms. The van der Waals surface area contributed by atoms with E-state index in [9.17, 15) is 5.11 Å². The van der Waals surface area contributed by atoms with E-state index in [1.807, 2.05) is 10.9 Å². The SMILES string of the molecule is CCn1cc(C(O)CC2CCCCC2)cn1. The van der Waals surface area contributed by atoms with E-state index in [0.717, 1.165) is 18.5 Å². The van der Waals surface area contributed by atoms with E-state index in [4.69, 9.17) is 0 Å². The highest BCUT2D eigenvalue weighted by Crippen LogP contribution is 2.31. The second-order valence-electron chi connectivity index (χ2n) is 4.88. The number of aliphatic hydroxyl groups excluding tert-OH is 1. The van der Waals surface area contributed by atoms with Gasteiger partial charge in [0.25, 0.3) is 0 Å². The Morgan fingerprint density at radius 1 is 1.44 bits per heavy atom. The zero-order valence-corrected chi connectivity index (χ0v) is 10.1. The molecule has 1 aromatic rings. The van der Waals surface area contributed by atoms with E-state index < -0.39 is 0 Å². The molecule has 1 aromatic heterocycles. The van der Waals surface area contributed by atoms with Gasteiger partial charge in [0, 0.05) is 18.3 Å². The lowest BCUT2D eigenvalue weighted by Gasteiger charge is -2.23. The summed E-state index contributed by atoms with van der Waals surface area (Å²) in [5.41, 5.74) is 0.979. The normalized spacial score (nSPS) is 19.9. The highest BCUT2D eigenvalue weighted by atomic mass is 16.3. The number of hydrogen-bond donors (Lipinski definition) is 1. The fourth-order valence-corrected chi connectivity index (χ4v) is 2.60. The smallest absolute Gasteiger partial charge is 0.0823 e. The summed E-state index contributed by atoms with van der Waals surface area (Å²) in [6.45, 7) is 2.93. The molecule has 1 saturated carbocycles. The largest absolute Gasteiger partial charge is 0.388 e. The molecule has 0 amide bonds. The van der Waals surface area contributed by atoms with Crippen molar-refractivity contribution in [1.82, 2.24) is 9.78 Å². The second-order valence-corrected chi connectivity index (χ2v) is 4.88. The molecule has 90 valence electrons. The predicted octanol–water partition coefficient (Wildman–Crippen LogP) is 2.91. The Labute approximate surface area is 97.5 Å². The Hall–Kier alpha value is -0.830. The van der Waals surface area contributed by atoms with Gasteiger partial charge in [-0.15, -0.1) is 0 Å². The molecule has 1 fully saturated rings. The molecule has 16 heavy (non-hydrogen) atoms. The maximum absolute atomic E-state index is 10.1. The van der Waals surface area contributed by atoms with Crippen LogP contribution in [0.4, 0.5) is 0 Å². The fraction of sp³-hybridized carbons (Fsp3) is 0.769. The van der Waals surface area contributed by atoms with Gasteiger partial charge in [0.1, 0.15) is 0 Å². The van der Waals surface area contributed by atoms with Gasteiger partial charge in [-0.3, -0.25) is 4.68 Å². The number of nitrogens with zero attached hydrogens (tertiary/aromatic N) is 2. The Morgan fingerprint density at radius 3 is 2.81 bits per heavy atom. The third kappa shape index (κ3) is 2.85. The molecule has 0 aliphatic heterocycles. The highest BCUT2D eigenvalue weighted by Gasteiger charge is 2.19. The first-order chi connectivity index (χ1) is 7.79. The number of rotatable bonds is 4. The lowest BCUT2D eigenvalue weighted by atomic mass is 9.84. The van der Waals surface area contributed by atoms with Crippen LogP contribution in [0.15, 0.2) is 12.4 Å². The molecule has 1 aliphatic carbocycles. The van der Waals surface area contributed by atoms with Crippen LogP contribution in [-0.2, 0) is 6.54 Å². The average Bonchev–Trinajstić information content (AvgIpc) is 2.79. The minimum atomic E-state index is -0.316. The van der Waals surface area contributed by atoms with Crippen LogP contribution in [0.2, 0.25) is 0 Å². The van der Waals surface area contributed by atoms with Gasteiger partial charge in [-0.25, -0.2) is 0 Å². The zero-order chi connectivity index (χ0) is 11.4. The van der Waals surface area contributed by atoms with E-state index in [1.165, 1.54) is 32.1 Å². The number of aromatic nitrogens is 2. The zero-order valence-electron chi connectivity index (χ0n) is 10.1. The van der Waals surface area contributed by atoms with Crippen LogP contribution in [0.5, 0.6) is 0 Å². The molecule has 1 heterocycles. The van der Waals surface area contributed by atoms with E-state index in [1.54, 1.807) is 6.20 Å². The summed E-state index contributed by atoms with van der Waals surface area (Å²) in [6, 6.07) is 0. The molecular weight excluding hydrogens is 200 g/mol. The van der Waals surface area contributed by atoms with Gasteiger partial charge < -0.3 is 5.11 Å². The number of hydrogen-bond acceptors (Lipinski definition) is 2. The molecule has 3 nitrogen and oxygen atoms in total. The minimum Gasteiger partial charge on any atom is -0.388 e. The third-order valence-electron chi connectivity index (χ3n) is 3.64. The Balaban J connectivity index is 1.88. The molecule has 1 aliphatic rings. The molecule has 0 radical (unpaired) electrons. The van der Waals surface area contributed by atoms with Crippen molar-refractivity contribution in [1.29, 1.82) is 0 Å². The quantitative estimate of drug-likeness (QED) is 0.850. The van der Waals surface area contributed by atoms with Crippen molar-refractivity contribution in [3.05, 3.63) is 18.0 Å². The topological polar surface area (TPSA) is 38.0 Å². The lowest BCUT2D eigenvalue weighted by Crippen LogP contribution is -2.10. The van der Waals surface area contributed by atoms with Gasteiger partial charge in [-0.1, -0.05) is 32.1 Å². The molecule has 2 rings (SSSR count). The molecule has 1 unspecified atom stereocenters. The first-order valence-electron chi connectivity index (χ1n) is 6.50. The molecule has 0 spiro atoms. The predicted molar refractivity (Wildman–Crippen MR) is 64.1 cm³/mol. The van der Waals surface area contributed by atoms with Crippen molar-refractivity contribution in [3.8, 4) is 0 Å². The van der Waals surface area contributed by atoms with E-state index in [-0.39, 0.29) is 6.10 Å². The summed E-state index contributed by atoms with van der Waals surface area (Å²) in [6.07, 6.45) is 11.0. The van der Waals surface area contributed by atoms with Crippen molar-refractivity contribution in [2.45, 2.75) is 58.1 Å². The summed E-state index contributed by atoms with van der Waals surface area (Å²) in [4.78, 5) is 0. The van der Waals surface area contributed by atoms with Crippen LogP contribution in [0.1, 0.15) is 57.1 Å². The Kier molecular flexibility index (Phi) is 3.99. The standard InChI is InChI=1S/C13H22N2O/c1-2-15-10-12(9-14-15)13(16)8-11-6-4-3-5-7-11/h9-11,13,16H,2-8H2,1H3. The van der Waals surface area contributed by atoms with Gasteiger partial charge in [0.2, 0.25) is 0 Å². The van der Waals surface area contributed by atoms with Crippen LogP contribution in [0, 0.1) is 5.92 Å². The van der Waals surface area contributed by atoms with E-state index in [2.05, 4.69) is 12.0 Å². The fourth-order valence-electron chi connectivity index (χ4n) is 2.60. The Bertz CT molecular complexity index is 315. The summed E-state index contributed by atoms with van der Waals surface area (Å²) in [5, 5.41) is 14.3. The van der Waals surface area contributed by atoms with Gasteiger partial charge in [-0.05, 0) is 19.3 Å². The molecular formula is C13H22N2O. The summed E-state index contributed by atoms with van der Waals surface area (Å²) in [5.74, 6) is 0.716. The summed E-state index contributed by atoms with van der Waals surface area (Å²) >= 11 is 0. The maximum atomic E-state index is 10.1. The van der Waals surface area contributed by atoms with Gasteiger partial charge in [0.05, 0.1) is 12.3 Å². The lowest BCUT2D eigenvalue weighted by molar-refractivity contribution is 0.131. The van der Waals surface area contributed by atoms with Crippen LogP contribution < -0.4 is 0 Å². The molecule has 1 atom stereocenters. The minimum absolute atomic E-state index is 0.316. The van der Waals surface area contributed by atoms with Crippen LogP contribution in [0.3, 0.4) is 0 Å². The van der Waals surface area contributed by atoms with Crippen molar-refractivity contribution < 1.29 is 5.11 Å². The first kappa shape index (κ1) is 11.6. The average molecular weight is 222 g/mol. The van der Waals surface area contributed by atoms with Crippen LogP contribution in [-0.4, -0.2) is 14.9 Å². The van der Waals surface area contributed by atoms with Gasteiger partial charge in [-0.2, -0.15) is 5.10 Å². The summed E-state index contributed by atoms with van der Waals surface area (Å²) < 4.78 is 1.87. The summed E-state index contributed by atoms with van der Waals surface area (Å²) in [7, 11) is 0. The van der Waals surface area contributed by atoms with Crippen LogP contribution in [0.25, 0.3) is 0 Å². The van der Waals surface area contributed by atoms with Gasteiger partial charge in [0.15, 0.2) is 0 Å². The monoisotopic (exact) mass is 222 g/mol. The highest BCUT2D eigenvalue weighted by molar-refractivity contribution is 5.08. The molecule has 3 heteroatoms. The second kappa shape index (κ2) is 5.48. The first-order valence-corrected chi connectivity index (χ1v) is 6.50. The Morgan fingerprint density at radius 2 is 2.19 bits per heavy atom.